The van der Waals surface area contributed by atoms with Crippen molar-refractivity contribution < 1.29 is 14.3 Å². The molecule has 1 rings (SSSR count). The van der Waals surface area contributed by atoms with Gasteiger partial charge in [-0.25, -0.2) is 0 Å². The topological polar surface area (TPSA) is 50.8 Å². The number of carbonyl (C=O) groups is 1. The van der Waals surface area contributed by atoms with E-state index in [2.05, 4.69) is 24.1 Å². The fourth-order valence-electron chi connectivity index (χ4n) is 2.59. The van der Waals surface area contributed by atoms with Crippen LogP contribution < -0.4 is 5.32 Å². The van der Waals surface area contributed by atoms with Crippen LogP contribution in [0.25, 0.3) is 0 Å². The van der Waals surface area contributed by atoms with Crippen LogP contribution in [0.3, 0.4) is 0 Å². The van der Waals surface area contributed by atoms with E-state index >= 15 is 0 Å². The summed E-state index contributed by atoms with van der Waals surface area (Å²) in [5.41, 5.74) is -0.856. The van der Waals surface area contributed by atoms with Gasteiger partial charge in [-0.15, -0.1) is 0 Å². The predicted molar refractivity (Wildman–Crippen MR) is 75.2 cm³/mol. The SMILES string of the molecule is CCC1(C)CC(NCCN(C)C)(C(=O)OC)CCO1. The zero-order valence-electron chi connectivity index (χ0n) is 12.9. The number of likely N-dealkylation sites (N-methyl/N-ethyl adjacent to an activating group) is 1. The summed E-state index contributed by atoms with van der Waals surface area (Å²) >= 11 is 0. The third-order valence-corrected chi connectivity index (χ3v) is 4.00. The van der Waals surface area contributed by atoms with Crippen LogP contribution in [0.4, 0.5) is 0 Å². The number of esters is 1. The summed E-state index contributed by atoms with van der Waals surface area (Å²) in [6.45, 7) is 6.41. The van der Waals surface area contributed by atoms with Crippen molar-refractivity contribution in [1.29, 1.82) is 0 Å². The molecule has 0 spiro atoms. The first kappa shape index (κ1) is 16.4. The largest absolute Gasteiger partial charge is 0.468 e. The van der Waals surface area contributed by atoms with Crippen molar-refractivity contribution >= 4 is 5.97 Å². The van der Waals surface area contributed by atoms with Gasteiger partial charge < -0.3 is 19.7 Å². The molecule has 2 unspecified atom stereocenters. The van der Waals surface area contributed by atoms with E-state index in [0.717, 1.165) is 19.5 Å². The first-order valence-corrected chi connectivity index (χ1v) is 6.99. The highest BCUT2D eigenvalue weighted by molar-refractivity contribution is 5.81. The number of nitrogens with one attached hydrogen (secondary N) is 1. The summed E-state index contributed by atoms with van der Waals surface area (Å²) in [7, 11) is 5.50. The van der Waals surface area contributed by atoms with Gasteiger partial charge in [0.1, 0.15) is 5.54 Å². The molecule has 1 saturated heterocycles. The Kier molecular flexibility index (Phi) is 5.77. The maximum Gasteiger partial charge on any atom is 0.326 e. The molecule has 0 amide bonds. The molecule has 1 aliphatic rings. The van der Waals surface area contributed by atoms with E-state index in [-0.39, 0.29) is 11.6 Å². The highest BCUT2D eigenvalue weighted by Crippen LogP contribution is 2.35. The summed E-state index contributed by atoms with van der Waals surface area (Å²) in [5, 5.41) is 3.41. The molecule has 2 atom stereocenters. The van der Waals surface area contributed by atoms with Gasteiger partial charge in [0.15, 0.2) is 0 Å². The van der Waals surface area contributed by atoms with Crippen LogP contribution in [0.5, 0.6) is 0 Å². The third-order valence-electron chi connectivity index (χ3n) is 4.00. The van der Waals surface area contributed by atoms with E-state index in [9.17, 15) is 4.79 Å². The van der Waals surface area contributed by atoms with Crippen molar-refractivity contribution in [2.75, 3.05) is 40.9 Å². The monoisotopic (exact) mass is 272 g/mol. The maximum atomic E-state index is 12.2. The second kappa shape index (κ2) is 6.68. The quantitative estimate of drug-likeness (QED) is 0.732. The van der Waals surface area contributed by atoms with Gasteiger partial charge in [-0.3, -0.25) is 4.79 Å². The average Bonchev–Trinajstić information content (AvgIpc) is 2.37. The molecule has 0 aromatic carbocycles. The molecule has 0 aliphatic carbocycles. The Bertz CT molecular complexity index is 309. The first-order valence-electron chi connectivity index (χ1n) is 6.99. The highest BCUT2D eigenvalue weighted by atomic mass is 16.5. The molecule has 5 nitrogen and oxygen atoms in total. The van der Waals surface area contributed by atoms with E-state index in [4.69, 9.17) is 9.47 Å². The van der Waals surface area contributed by atoms with Gasteiger partial charge in [-0.1, -0.05) is 6.92 Å². The fourth-order valence-corrected chi connectivity index (χ4v) is 2.59. The van der Waals surface area contributed by atoms with Crippen molar-refractivity contribution in [2.45, 2.75) is 44.2 Å². The van der Waals surface area contributed by atoms with Crippen LogP contribution in [-0.2, 0) is 14.3 Å². The Morgan fingerprint density at radius 1 is 1.47 bits per heavy atom. The molecule has 19 heavy (non-hydrogen) atoms. The van der Waals surface area contributed by atoms with Crippen LogP contribution in [0.15, 0.2) is 0 Å². The molecule has 0 saturated carbocycles. The van der Waals surface area contributed by atoms with Gasteiger partial charge in [0, 0.05) is 26.1 Å². The second-order valence-corrected chi connectivity index (χ2v) is 5.88. The van der Waals surface area contributed by atoms with Crippen molar-refractivity contribution in [1.82, 2.24) is 10.2 Å². The number of methoxy groups -OCH3 is 1. The van der Waals surface area contributed by atoms with Crippen LogP contribution in [0.1, 0.15) is 33.1 Å². The smallest absolute Gasteiger partial charge is 0.326 e. The van der Waals surface area contributed by atoms with Crippen LogP contribution in [-0.4, -0.2) is 62.9 Å². The number of hydrogen-bond donors (Lipinski definition) is 1. The Hall–Kier alpha value is -0.650. The zero-order valence-corrected chi connectivity index (χ0v) is 12.9. The molecular formula is C14H28N2O3. The van der Waals surface area contributed by atoms with E-state index in [1.807, 2.05) is 14.1 Å². The second-order valence-electron chi connectivity index (χ2n) is 5.88. The minimum atomic E-state index is -0.603. The summed E-state index contributed by atoms with van der Waals surface area (Å²) in [5.74, 6) is -0.172. The Balaban J connectivity index is 2.78. The zero-order chi connectivity index (χ0) is 14.5. The standard InChI is InChI=1S/C14H28N2O3/c1-6-13(2)11-14(7-10-19-13,12(17)18-5)15-8-9-16(3)4/h15H,6-11H2,1-5H3. The average molecular weight is 272 g/mol. The van der Waals surface area contributed by atoms with Crippen molar-refractivity contribution in [2.24, 2.45) is 0 Å². The summed E-state index contributed by atoms with van der Waals surface area (Å²) in [6, 6.07) is 0. The first-order chi connectivity index (χ1) is 8.87. The molecule has 1 heterocycles. The number of ether oxygens (including phenoxy) is 2. The number of hydrogen-bond acceptors (Lipinski definition) is 5. The predicted octanol–water partition coefficient (Wildman–Crippen LogP) is 1.03. The number of rotatable bonds is 6. The normalized spacial score (nSPS) is 31.5. The Morgan fingerprint density at radius 2 is 2.16 bits per heavy atom. The van der Waals surface area contributed by atoms with Crippen LogP contribution >= 0.6 is 0 Å². The molecule has 0 radical (unpaired) electrons. The minimum absolute atomic E-state index is 0.172. The molecule has 0 aromatic rings. The number of carbonyl (C=O) groups excluding carboxylic acids is 1. The molecule has 1 aliphatic heterocycles. The fraction of sp³-hybridized carbons (Fsp3) is 0.929. The van der Waals surface area contributed by atoms with Crippen LogP contribution in [0.2, 0.25) is 0 Å². The summed E-state index contributed by atoms with van der Waals surface area (Å²) in [6.07, 6.45) is 2.22. The van der Waals surface area contributed by atoms with Gasteiger partial charge >= 0.3 is 5.97 Å². The molecule has 1 N–H and O–H groups in total. The molecule has 0 aromatic heterocycles. The van der Waals surface area contributed by atoms with Gasteiger partial charge in [-0.2, -0.15) is 0 Å². The molecule has 5 heteroatoms. The molecule has 112 valence electrons. The number of nitrogens with zero attached hydrogens (tertiary/aromatic N) is 1. The van der Waals surface area contributed by atoms with Gasteiger partial charge in [0.05, 0.1) is 12.7 Å². The van der Waals surface area contributed by atoms with Gasteiger partial charge in [-0.05, 0) is 33.9 Å². The van der Waals surface area contributed by atoms with Gasteiger partial charge in [0.25, 0.3) is 0 Å². The lowest BCUT2D eigenvalue weighted by molar-refractivity contribution is -0.163. The van der Waals surface area contributed by atoms with E-state index in [1.165, 1.54) is 7.11 Å². The van der Waals surface area contributed by atoms with E-state index in [0.29, 0.717) is 19.4 Å². The Labute approximate surface area is 116 Å². The molecule has 0 bridgehead atoms. The van der Waals surface area contributed by atoms with Gasteiger partial charge in [0.2, 0.25) is 0 Å². The molecule has 1 fully saturated rings. The van der Waals surface area contributed by atoms with Crippen molar-refractivity contribution in [3.8, 4) is 0 Å². The Morgan fingerprint density at radius 3 is 2.68 bits per heavy atom. The lowest BCUT2D eigenvalue weighted by Gasteiger charge is -2.44. The van der Waals surface area contributed by atoms with E-state index < -0.39 is 5.54 Å². The van der Waals surface area contributed by atoms with E-state index in [1.54, 1.807) is 0 Å². The lowest BCUT2D eigenvalue weighted by atomic mass is 9.79. The van der Waals surface area contributed by atoms with Crippen molar-refractivity contribution in [3.05, 3.63) is 0 Å². The minimum Gasteiger partial charge on any atom is -0.468 e. The third kappa shape index (κ3) is 4.16. The summed E-state index contributed by atoms with van der Waals surface area (Å²) in [4.78, 5) is 14.3. The lowest BCUT2D eigenvalue weighted by Crippen LogP contribution is -2.61. The van der Waals surface area contributed by atoms with Crippen LogP contribution in [0, 0.1) is 0 Å². The van der Waals surface area contributed by atoms with Crippen molar-refractivity contribution in [3.63, 3.8) is 0 Å². The molecular weight excluding hydrogens is 244 g/mol. The highest BCUT2D eigenvalue weighted by Gasteiger charge is 2.48. The maximum absolute atomic E-state index is 12.2. The summed E-state index contributed by atoms with van der Waals surface area (Å²) < 4.78 is 10.9.